The number of rotatable bonds is 2. The molecule has 0 saturated carbocycles. The van der Waals surface area contributed by atoms with Crippen LogP contribution in [-0.2, 0) is 21.7 Å². The molecule has 0 saturated heterocycles. The lowest BCUT2D eigenvalue weighted by Gasteiger charge is -2.19. The Morgan fingerprint density at radius 1 is 0.364 bits per heavy atom. The first-order chi connectivity index (χ1) is 25.8. The number of furan rings is 1. The lowest BCUT2D eigenvalue weighted by Crippen LogP contribution is -2.10. The molecule has 6 aromatic carbocycles. The highest BCUT2D eigenvalue weighted by atomic mass is 16.3. The number of fused-ring (bicyclic) bond motifs is 9. The van der Waals surface area contributed by atoms with Gasteiger partial charge in [0, 0.05) is 33.0 Å². The molecule has 0 spiro atoms. The van der Waals surface area contributed by atoms with Gasteiger partial charge in [-0.2, -0.15) is 0 Å². The Balaban J connectivity index is 1.43. The molecule has 278 valence electrons. The fraction of sp³-hybridized carbons (Fsp3) is 0.308. The smallest absolute Gasteiger partial charge is 0.139 e. The van der Waals surface area contributed by atoms with Gasteiger partial charge in [0.25, 0.3) is 0 Å². The van der Waals surface area contributed by atoms with Gasteiger partial charge in [0.1, 0.15) is 11.2 Å². The van der Waals surface area contributed by atoms with Gasteiger partial charge in [-0.3, -0.25) is 0 Å². The molecule has 0 N–H and O–H groups in total. The van der Waals surface area contributed by atoms with Gasteiger partial charge in [-0.25, -0.2) is 0 Å². The maximum absolute atomic E-state index is 6.81. The summed E-state index contributed by atoms with van der Waals surface area (Å²) in [7, 11) is 0. The molecule has 3 heteroatoms. The maximum Gasteiger partial charge on any atom is 0.139 e. The van der Waals surface area contributed by atoms with E-state index in [1.807, 2.05) is 0 Å². The van der Waals surface area contributed by atoms with E-state index in [4.69, 9.17) is 4.42 Å². The Kier molecular flexibility index (Phi) is 7.48. The number of nitrogens with zero attached hydrogens (tertiary/aromatic N) is 2. The zero-order chi connectivity index (χ0) is 39.0. The molecule has 0 fully saturated rings. The van der Waals surface area contributed by atoms with E-state index < -0.39 is 0 Å². The molecular formula is C52H54N2O. The third-order valence-corrected chi connectivity index (χ3v) is 11.9. The van der Waals surface area contributed by atoms with E-state index in [9.17, 15) is 0 Å². The zero-order valence-electron chi connectivity index (χ0n) is 34.7. The van der Waals surface area contributed by atoms with Crippen LogP contribution in [-0.4, -0.2) is 9.13 Å². The van der Waals surface area contributed by atoms with E-state index in [1.165, 1.54) is 65.9 Å². The van der Waals surface area contributed by atoms with Gasteiger partial charge in [-0.1, -0.05) is 126 Å². The Labute approximate surface area is 325 Å². The molecule has 0 aliphatic carbocycles. The fourth-order valence-corrected chi connectivity index (χ4v) is 8.57. The minimum absolute atomic E-state index is 0.0223. The van der Waals surface area contributed by atoms with E-state index in [1.54, 1.807) is 0 Å². The minimum Gasteiger partial charge on any atom is -0.456 e. The third-order valence-electron chi connectivity index (χ3n) is 11.9. The molecule has 0 atom stereocenters. The van der Waals surface area contributed by atoms with Crippen LogP contribution in [0.1, 0.15) is 105 Å². The van der Waals surface area contributed by atoms with Crippen LogP contribution >= 0.6 is 0 Å². The van der Waals surface area contributed by atoms with Crippen molar-refractivity contribution in [2.75, 3.05) is 0 Å². The second-order valence-corrected chi connectivity index (χ2v) is 20.0. The number of benzene rings is 6. The van der Waals surface area contributed by atoms with Crippen molar-refractivity contribution in [3.05, 3.63) is 131 Å². The molecule has 3 aromatic heterocycles. The van der Waals surface area contributed by atoms with Crippen LogP contribution in [0.15, 0.2) is 114 Å². The molecular weight excluding hydrogens is 669 g/mol. The SMILES string of the molecule is CC(C)(C)c1ccc2c(c1)c1cc(C(C)(C)C)ccc1n2-c1cc(-n2c3ccc(C(C)(C)C)cc3c3cc(C(C)(C)C)ccc32)c2c(c1)oc1ccccc12. The van der Waals surface area contributed by atoms with Crippen LogP contribution in [0.3, 0.4) is 0 Å². The van der Waals surface area contributed by atoms with Gasteiger partial charge in [0.2, 0.25) is 0 Å². The molecule has 0 unspecified atom stereocenters. The highest BCUT2D eigenvalue weighted by molar-refractivity contribution is 6.16. The van der Waals surface area contributed by atoms with Gasteiger partial charge < -0.3 is 13.6 Å². The first-order valence-corrected chi connectivity index (χ1v) is 19.9. The lowest BCUT2D eigenvalue weighted by molar-refractivity contribution is 0.590. The van der Waals surface area contributed by atoms with Crippen molar-refractivity contribution in [2.24, 2.45) is 0 Å². The van der Waals surface area contributed by atoms with Crippen molar-refractivity contribution in [1.29, 1.82) is 0 Å². The highest BCUT2D eigenvalue weighted by Gasteiger charge is 2.26. The quantitative estimate of drug-likeness (QED) is 0.174. The molecule has 55 heavy (non-hydrogen) atoms. The van der Waals surface area contributed by atoms with Crippen molar-refractivity contribution in [1.82, 2.24) is 9.13 Å². The van der Waals surface area contributed by atoms with E-state index in [-0.39, 0.29) is 21.7 Å². The first-order valence-electron chi connectivity index (χ1n) is 19.9. The number of para-hydroxylation sites is 1. The van der Waals surface area contributed by atoms with Gasteiger partial charge in [0.15, 0.2) is 0 Å². The predicted molar refractivity (Wildman–Crippen MR) is 237 cm³/mol. The van der Waals surface area contributed by atoms with E-state index in [2.05, 4.69) is 201 Å². The van der Waals surface area contributed by atoms with Crippen LogP contribution in [0.25, 0.3) is 76.9 Å². The average molecular weight is 723 g/mol. The fourth-order valence-electron chi connectivity index (χ4n) is 8.57. The van der Waals surface area contributed by atoms with Crippen molar-refractivity contribution in [3.63, 3.8) is 0 Å². The van der Waals surface area contributed by atoms with Crippen LogP contribution in [0.4, 0.5) is 0 Å². The summed E-state index contributed by atoms with van der Waals surface area (Å²) in [6.07, 6.45) is 0. The summed E-state index contributed by atoms with van der Waals surface area (Å²) >= 11 is 0. The Hall–Kier alpha value is -5.28. The van der Waals surface area contributed by atoms with Crippen molar-refractivity contribution >= 4 is 65.6 Å². The van der Waals surface area contributed by atoms with Gasteiger partial charge in [0.05, 0.1) is 38.8 Å². The lowest BCUT2D eigenvalue weighted by atomic mass is 9.85. The summed E-state index contributed by atoms with van der Waals surface area (Å²) in [5.74, 6) is 0. The molecule has 9 aromatic rings. The molecule has 0 aliphatic heterocycles. The van der Waals surface area contributed by atoms with Gasteiger partial charge in [-0.15, -0.1) is 0 Å². The molecule has 0 bridgehead atoms. The summed E-state index contributed by atoms with van der Waals surface area (Å²) in [6, 6.07) is 41.5. The van der Waals surface area contributed by atoms with Gasteiger partial charge >= 0.3 is 0 Å². The van der Waals surface area contributed by atoms with E-state index in [0.29, 0.717) is 0 Å². The highest BCUT2D eigenvalue weighted by Crippen LogP contribution is 2.44. The number of hydrogen-bond donors (Lipinski definition) is 0. The monoisotopic (exact) mass is 722 g/mol. The van der Waals surface area contributed by atoms with Crippen molar-refractivity contribution in [2.45, 2.75) is 105 Å². The third kappa shape index (κ3) is 5.61. The maximum atomic E-state index is 6.81. The van der Waals surface area contributed by atoms with E-state index in [0.717, 1.165) is 33.3 Å². The summed E-state index contributed by atoms with van der Waals surface area (Å²) in [4.78, 5) is 0. The molecule has 9 rings (SSSR count). The Morgan fingerprint density at radius 2 is 0.745 bits per heavy atom. The predicted octanol–water partition coefficient (Wildman–Crippen LogP) is 15.0. The zero-order valence-corrected chi connectivity index (χ0v) is 34.7. The second kappa shape index (κ2) is 11.6. The summed E-state index contributed by atoms with van der Waals surface area (Å²) in [6.45, 7) is 27.6. The second-order valence-electron chi connectivity index (χ2n) is 20.0. The summed E-state index contributed by atoms with van der Waals surface area (Å²) < 4.78 is 11.8. The normalized spacial score (nSPS) is 13.5. The van der Waals surface area contributed by atoms with Crippen LogP contribution in [0.5, 0.6) is 0 Å². The standard InChI is InChI=1S/C52H54N2O/c1-49(2,3)31-17-21-41-37(25-31)38-26-32(50(4,5)6)18-22-42(38)53(41)35-29-45(48-36-15-13-14-16-46(36)55-47(48)30-35)54-43-23-19-33(51(7,8)9)27-39(43)40-28-34(52(10,11)12)20-24-44(40)54/h13-30H,1-12H3. The van der Waals surface area contributed by atoms with Crippen LogP contribution < -0.4 is 0 Å². The number of hydrogen-bond acceptors (Lipinski definition) is 1. The number of aromatic nitrogens is 2. The minimum atomic E-state index is 0.0223. The molecule has 0 aliphatic rings. The average Bonchev–Trinajstić information content (AvgIpc) is 3.76. The van der Waals surface area contributed by atoms with E-state index >= 15 is 0 Å². The summed E-state index contributed by atoms with van der Waals surface area (Å²) in [5.41, 5.74) is 14.2. The van der Waals surface area contributed by atoms with Crippen molar-refractivity contribution in [3.8, 4) is 11.4 Å². The largest absolute Gasteiger partial charge is 0.456 e. The van der Waals surface area contributed by atoms with Gasteiger partial charge in [-0.05, 0) is 105 Å². The van der Waals surface area contributed by atoms with Crippen molar-refractivity contribution < 1.29 is 4.42 Å². The topological polar surface area (TPSA) is 23.0 Å². The Morgan fingerprint density at radius 3 is 1.15 bits per heavy atom. The van der Waals surface area contributed by atoms with Crippen LogP contribution in [0.2, 0.25) is 0 Å². The molecule has 0 radical (unpaired) electrons. The first kappa shape index (κ1) is 35.4. The molecule has 3 nitrogen and oxygen atoms in total. The summed E-state index contributed by atoms with van der Waals surface area (Å²) in [5, 5.41) is 7.37. The molecule has 3 heterocycles. The molecule has 0 amide bonds. The van der Waals surface area contributed by atoms with Crippen LogP contribution in [0, 0.1) is 0 Å². The Bertz CT molecular complexity index is 2860.